The lowest BCUT2D eigenvalue weighted by Gasteiger charge is -2.27. The second kappa shape index (κ2) is 4.97. The molecule has 2 atom stereocenters. The van der Waals surface area contributed by atoms with Crippen molar-refractivity contribution in [1.82, 2.24) is 0 Å². The number of hydrogen-bond donors (Lipinski definition) is 0. The van der Waals surface area contributed by atoms with E-state index in [-0.39, 0.29) is 17.5 Å². The van der Waals surface area contributed by atoms with Crippen molar-refractivity contribution in [2.45, 2.75) is 39.2 Å². The van der Waals surface area contributed by atoms with Gasteiger partial charge in [0, 0.05) is 11.0 Å². The molecular weight excluding hydrogens is 224 g/mol. The molecule has 1 fully saturated rings. The van der Waals surface area contributed by atoms with E-state index in [1.165, 1.54) is 5.56 Å². The highest BCUT2D eigenvalue weighted by Crippen LogP contribution is 2.43. The SMILES string of the molecule is C=C1C(=O)O[C@H](CCc2ccccc2)[C@@]1(C)CC. The molecule has 0 radical (unpaired) electrons. The lowest BCUT2D eigenvalue weighted by atomic mass is 9.76. The normalized spacial score (nSPS) is 27.3. The van der Waals surface area contributed by atoms with Gasteiger partial charge in [0.05, 0.1) is 0 Å². The van der Waals surface area contributed by atoms with Crippen molar-refractivity contribution in [2.75, 3.05) is 0 Å². The summed E-state index contributed by atoms with van der Waals surface area (Å²) >= 11 is 0. The van der Waals surface area contributed by atoms with Crippen molar-refractivity contribution < 1.29 is 9.53 Å². The van der Waals surface area contributed by atoms with E-state index in [9.17, 15) is 4.79 Å². The van der Waals surface area contributed by atoms with Crippen LogP contribution in [-0.2, 0) is 16.0 Å². The predicted molar refractivity (Wildman–Crippen MR) is 72.2 cm³/mol. The summed E-state index contributed by atoms with van der Waals surface area (Å²) in [5, 5.41) is 0. The van der Waals surface area contributed by atoms with Gasteiger partial charge in [-0.2, -0.15) is 0 Å². The third kappa shape index (κ3) is 2.20. The van der Waals surface area contributed by atoms with Crippen LogP contribution in [0.1, 0.15) is 32.3 Å². The molecule has 0 aromatic heterocycles. The quantitative estimate of drug-likeness (QED) is 0.598. The molecule has 0 amide bonds. The number of benzene rings is 1. The smallest absolute Gasteiger partial charge is 0.334 e. The van der Waals surface area contributed by atoms with Gasteiger partial charge in [0.1, 0.15) is 6.10 Å². The highest BCUT2D eigenvalue weighted by Gasteiger charge is 2.47. The number of ether oxygens (including phenoxy) is 1. The van der Waals surface area contributed by atoms with E-state index in [0.717, 1.165) is 19.3 Å². The van der Waals surface area contributed by atoms with Crippen LogP contribution in [0.5, 0.6) is 0 Å². The van der Waals surface area contributed by atoms with Crippen LogP contribution in [0.4, 0.5) is 0 Å². The summed E-state index contributed by atoms with van der Waals surface area (Å²) < 4.78 is 5.46. The molecule has 2 rings (SSSR count). The van der Waals surface area contributed by atoms with Crippen molar-refractivity contribution in [3.63, 3.8) is 0 Å². The van der Waals surface area contributed by atoms with E-state index in [4.69, 9.17) is 4.74 Å². The number of carbonyl (C=O) groups excluding carboxylic acids is 1. The Morgan fingerprint density at radius 2 is 2.00 bits per heavy atom. The van der Waals surface area contributed by atoms with E-state index < -0.39 is 0 Å². The van der Waals surface area contributed by atoms with Gasteiger partial charge >= 0.3 is 5.97 Å². The Morgan fingerprint density at radius 1 is 1.33 bits per heavy atom. The zero-order valence-electron chi connectivity index (χ0n) is 11.1. The van der Waals surface area contributed by atoms with Crippen LogP contribution in [0.15, 0.2) is 42.5 Å². The molecule has 0 unspecified atom stereocenters. The third-order valence-electron chi connectivity index (χ3n) is 4.17. The maximum atomic E-state index is 11.6. The topological polar surface area (TPSA) is 26.3 Å². The van der Waals surface area contributed by atoms with Crippen molar-refractivity contribution in [3.05, 3.63) is 48.0 Å². The molecule has 1 heterocycles. The fraction of sp³-hybridized carbons (Fsp3) is 0.438. The Balaban J connectivity index is 2.05. The van der Waals surface area contributed by atoms with Crippen LogP contribution in [0.2, 0.25) is 0 Å². The van der Waals surface area contributed by atoms with Gasteiger partial charge in [-0.3, -0.25) is 0 Å². The first-order valence-electron chi connectivity index (χ1n) is 6.52. The number of cyclic esters (lactones) is 1. The zero-order valence-corrected chi connectivity index (χ0v) is 11.1. The highest BCUT2D eigenvalue weighted by atomic mass is 16.6. The van der Waals surface area contributed by atoms with Crippen molar-refractivity contribution >= 4 is 5.97 Å². The molecule has 96 valence electrons. The molecular formula is C16H20O2. The highest BCUT2D eigenvalue weighted by molar-refractivity contribution is 5.91. The van der Waals surface area contributed by atoms with Crippen LogP contribution in [0.3, 0.4) is 0 Å². The van der Waals surface area contributed by atoms with Gasteiger partial charge in [-0.05, 0) is 24.8 Å². The fourth-order valence-electron chi connectivity index (χ4n) is 2.52. The van der Waals surface area contributed by atoms with Gasteiger partial charge in [0.25, 0.3) is 0 Å². The monoisotopic (exact) mass is 244 g/mol. The van der Waals surface area contributed by atoms with Crippen LogP contribution < -0.4 is 0 Å². The summed E-state index contributed by atoms with van der Waals surface area (Å²) in [6.45, 7) is 8.06. The number of aryl methyl sites for hydroxylation is 1. The molecule has 0 bridgehead atoms. The molecule has 1 aliphatic heterocycles. The Labute approximate surface area is 109 Å². The number of hydrogen-bond acceptors (Lipinski definition) is 2. The van der Waals surface area contributed by atoms with E-state index in [0.29, 0.717) is 5.57 Å². The van der Waals surface area contributed by atoms with Gasteiger partial charge < -0.3 is 4.74 Å². The molecule has 18 heavy (non-hydrogen) atoms. The van der Waals surface area contributed by atoms with Crippen molar-refractivity contribution in [2.24, 2.45) is 5.41 Å². The molecule has 2 heteroatoms. The minimum Gasteiger partial charge on any atom is -0.458 e. The average Bonchev–Trinajstić information content (AvgIpc) is 2.62. The van der Waals surface area contributed by atoms with E-state index in [2.05, 4.69) is 32.6 Å². The summed E-state index contributed by atoms with van der Waals surface area (Å²) in [5.41, 5.74) is 1.71. The summed E-state index contributed by atoms with van der Waals surface area (Å²) in [5.74, 6) is -0.225. The molecule has 0 N–H and O–H groups in total. The second-order valence-electron chi connectivity index (χ2n) is 5.17. The predicted octanol–water partition coefficient (Wildman–Crippen LogP) is 3.52. The molecule has 0 saturated carbocycles. The third-order valence-corrected chi connectivity index (χ3v) is 4.17. The summed E-state index contributed by atoms with van der Waals surface area (Å²) in [6, 6.07) is 10.3. The lowest BCUT2D eigenvalue weighted by molar-refractivity contribution is -0.140. The first-order valence-corrected chi connectivity index (χ1v) is 6.52. The molecule has 0 aliphatic carbocycles. The van der Waals surface area contributed by atoms with Gasteiger partial charge in [-0.25, -0.2) is 4.79 Å². The van der Waals surface area contributed by atoms with Gasteiger partial charge in [0.2, 0.25) is 0 Å². The molecule has 1 saturated heterocycles. The van der Waals surface area contributed by atoms with Crippen molar-refractivity contribution in [3.8, 4) is 0 Å². The van der Waals surface area contributed by atoms with Crippen LogP contribution in [-0.4, -0.2) is 12.1 Å². The first kappa shape index (κ1) is 12.9. The fourth-order valence-corrected chi connectivity index (χ4v) is 2.52. The van der Waals surface area contributed by atoms with Gasteiger partial charge in [-0.15, -0.1) is 0 Å². The molecule has 1 aromatic rings. The van der Waals surface area contributed by atoms with Gasteiger partial charge in [-0.1, -0.05) is 50.8 Å². The second-order valence-corrected chi connectivity index (χ2v) is 5.17. The summed E-state index contributed by atoms with van der Waals surface area (Å²) in [4.78, 5) is 11.6. The lowest BCUT2D eigenvalue weighted by Crippen LogP contribution is -2.28. The number of esters is 1. The van der Waals surface area contributed by atoms with E-state index in [1.807, 2.05) is 18.2 Å². The van der Waals surface area contributed by atoms with Crippen LogP contribution in [0, 0.1) is 5.41 Å². The molecule has 1 aromatic carbocycles. The standard InChI is InChI=1S/C16H20O2/c1-4-16(3)12(2)15(17)18-14(16)11-10-13-8-6-5-7-9-13/h5-9,14H,2,4,10-11H2,1,3H3/t14-,16+/m1/s1. The average molecular weight is 244 g/mol. The van der Waals surface area contributed by atoms with E-state index in [1.54, 1.807) is 0 Å². The Morgan fingerprint density at radius 3 is 2.61 bits per heavy atom. The van der Waals surface area contributed by atoms with Crippen LogP contribution >= 0.6 is 0 Å². The first-order chi connectivity index (χ1) is 8.58. The number of carbonyl (C=O) groups is 1. The minimum absolute atomic E-state index is 0.0392. The Hall–Kier alpha value is -1.57. The summed E-state index contributed by atoms with van der Waals surface area (Å²) in [7, 11) is 0. The zero-order chi connectivity index (χ0) is 13.2. The maximum absolute atomic E-state index is 11.6. The Kier molecular flexibility index (Phi) is 3.55. The maximum Gasteiger partial charge on any atom is 0.334 e. The molecule has 0 spiro atoms. The Bertz CT molecular complexity index is 449. The minimum atomic E-state index is -0.225. The van der Waals surface area contributed by atoms with Gasteiger partial charge in [0.15, 0.2) is 0 Å². The number of rotatable bonds is 4. The largest absolute Gasteiger partial charge is 0.458 e. The molecule has 1 aliphatic rings. The van der Waals surface area contributed by atoms with Crippen molar-refractivity contribution in [1.29, 1.82) is 0 Å². The van der Waals surface area contributed by atoms with E-state index >= 15 is 0 Å². The van der Waals surface area contributed by atoms with Crippen LogP contribution in [0.25, 0.3) is 0 Å². The molecule has 2 nitrogen and oxygen atoms in total. The summed E-state index contributed by atoms with van der Waals surface area (Å²) in [6.07, 6.45) is 2.64.